The van der Waals surface area contributed by atoms with E-state index in [1.165, 1.54) is 0 Å². The van der Waals surface area contributed by atoms with Crippen LogP contribution in [0.1, 0.15) is 11.3 Å². The van der Waals surface area contributed by atoms with Crippen molar-refractivity contribution >= 4 is 38.3 Å². The number of hydrogen-bond donors (Lipinski definition) is 2. The first-order valence-electron chi connectivity index (χ1n) is 7.30. The molecule has 6 heteroatoms. The molecule has 0 radical (unpaired) electrons. The van der Waals surface area contributed by atoms with Gasteiger partial charge < -0.3 is 15.5 Å². The fourth-order valence-corrected chi connectivity index (χ4v) is 3.97. The third-order valence-corrected chi connectivity index (χ3v) is 4.92. The number of hydrogen-bond acceptors (Lipinski definition) is 5. The van der Waals surface area contributed by atoms with Crippen molar-refractivity contribution in [3.05, 3.63) is 41.6 Å². The van der Waals surface area contributed by atoms with Crippen LogP contribution in [0.4, 0.5) is 5.69 Å². The second-order valence-corrected chi connectivity index (χ2v) is 6.48. The molecular weight excluding hydrogens is 308 g/mol. The molecule has 3 heterocycles. The molecule has 116 valence electrons. The van der Waals surface area contributed by atoms with Crippen molar-refractivity contribution in [1.29, 1.82) is 0 Å². The highest BCUT2D eigenvalue weighted by Gasteiger charge is 2.18. The molecular formula is C17H16N4OS. The number of nitrogen functional groups attached to an aromatic ring is 1. The summed E-state index contributed by atoms with van der Waals surface area (Å²) < 4.78 is 5.31. The molecule has 5 nitrogen and oxygen atoms in total. The van der Waals surface area contributed by atoms with Gasteiger partial charge in [0.05, 0.1) is 28.2 Å². The zero-order valence-electron chi connectivity index (χ0n) is 12.9. The number of anilines is 1. The van der Waals surface area contributed by atoms with E-state index >= 15 is 0 Å². The van der Waals surface area contributed by atoms with Crippen LogP contribution in [0.25, 0.3) is 32.0 Å². The Balaban J connectivity index is 1.97. The van der Waals surface area contributed by atoms with Gasteiger partial charge in [0.1, 0.15) is 4.83 Å². The van der Waals surface area contributed by atoms with Crippen LogP contribution >= 0.6 is 11.3 Å². The van der Waals surface area contributed by atoms with Gasteiger partial charge in [-0.2, -0.15) is 0 Å². The zero-order valence-corrected chi connectivity index (χ0v) is 13.7. The first-order valence-corrected chi connectivity index (χ1v) is 8.11. The number of ether oxygens (including phenoxy) is 1. The van der Waals surface area contributed by atoms with Crippen molar-refractivity contribution in [2.75, 3.05) is 12.8 Å². The van der Waals surface area contributed by atoms with E-state index in [0.717, 1.165) is 43.2 Å². The monoisotopic (exact) mass is 324 g/mol. The SMILES string of the molecule is COCc1cc(C)nc2sc(-c3nc4ccccc4[nH]3)c(N)c12. The highest BCUT2D eigenvalue weighted by molar-refractivity contribution is 7.22. The second-order valence-electron chi connectivity index (χ2n) is 5.48. The maximum absolute atomic E-state index is 6.43. The van der Waals surface area contributed by atoms with Crippen LogP contribution in [0.3, 0.4) is 0 Å². The molecule has 4 aromatic rings. The van der Waals surface area contributed by atoms with Gasteiger partial charge >= 0.3 is 0 Å². The molecule has 0 aliphatic heterocycles. The maximum Gasteiger partial charge on any atom is 0.150 e. The van der Waals surface area contributed by atoms with E-state index in [1.807, 2.05) is 37.3 Å². The highest BCUT2D eigenvalue weighted by Crippen LogP contribution is 2.41. The Bertz CT molecular complexity index is 985. The lowest BCUT2D eigenvalue weighted by molar-refractivity contribution is 0.186. The minimum absolute atomic E-state index is 0.514. The third kappa shape index (κ3) is 2.27. The largest absolute Gasteiger partial charge is 0.397 e. The van der Waals surface area contributed by atoms with E-state index in [0.29, 0.717) is 12.3 Å². The zero-order chi connectivity index (χ0) is 16.0. The van der Waals surface area contributed by atoms with Crippen LogP contribution in [0, 0.1) is 6.92 Å². The summed E-state index contributed by atoms with van der Waals surface area (Å²) in [6, 6.07) is 9.98. The average Bonchev–Trinajstić information content (AvgIpc) is 3.08. The van der Waals surface area contributed by atoms with E-state index in [9.17, 15) is 0 Å². The normalized spacial score (nSPS) is 11.6. The summed E-state index contributed by atoms with van der Waals surface area (Å²) in [7, 11) is 1.68. The molecule has 0 spiro atoms. The number of para-hydroxylation sites is 2. The number of H-pyrrole nitrogens is 1. The molecule has 0 unspecified atom stereocenters. The number of rotatable bonds is 3. The Kier molecular flexibility index (Phi) is 3.28. The number of nitrogens with one attached hydrogen (secondary N) is 1. The van der Waals surface area contributed by atoms with Gasteiger partial charge in [0.15, 0.2) is 5.82 Å². The van der Waals surface area contributed by atoms with Crippen LogP contribution < -0.4 is 5.73 Å². The number of nitrogens with zero attached hydrogens (tertiary/aromatic N) is 2. The Morgan fingerprint density at radius 2 is 2.09 bits per heavy atom. The molecule has 23 heavy (non-hydrogen) atoms. The average molecular weight is 324 g/mol. The highest BCUT2D eigenvalue weighted by atomic mass is 32.1. The van der Waals surface area contributed by atoms with Crippen LogP contribution in [0.5, 0.6) is 0 Å². The maximum atomic E-state index is 6.43. The molecule has 0 saturated carbocycles. The first-order chi connectivity index (χ1) is 11.2. The third-order valence-electron chi connectivity index (χ3n) is 3.81. The predicted molar refractivity (Wildman–Crippen MR) is 94.6 cm³/mol. The topological polar surface area (TPSA) is 76.8 Å². The summed E-state index contributed by atoms with van der Waals surface area (Å²) in [5.41, 5.74) is 11.1. The van der Waals surface area contributed by atoms with E-state index in [-0.39, 0.29) is 0 Å². The van der Waals surface area contributed by atoms with Gasteiger partial charge in [-0.3, -0.25) is 0 Å². The van der Waals surface area contributed by atoms with Gasteiger partial charge in [0.25, 0.3) is 0 Å². The fourth-order valence-electron chi connectivity index (χ4n) is 2.84. The molecule has 4 rings (SSSR count). The van der Waals surface area contributed by atoms with E-state index in [1.54, 1.807) is 18.4 Å². The number of thiophene rings is 1. The standard InChI is InChI=1S/C17H16N4OS/c1-9-7-10(8-22-2)13-14(18)15(23-17(13)19-9)16-20-11-5-3-4-6-12(11)21-16/h3-7H,8,18H2,1-2H3,(H,20,21). The number of imidazole rings is 1. The number of benzene rings is 1. The first kappa shape index (κ1) is 14.2. The number of aromatic nitrogens is 3. The number of aromatic amines is 1. The predicted octanol–water partition coefficient (Wildman–Crippen LogP) is 3.88. The second kappa shape index (κ2) is 5.33. The molecule has 0 bridgehead atoms. The summed E-state index contributed by atoms with van der Waals surface area (Å²) in [6.07, 6.45) is 0. The van der Waals surface area contributed by atoms with Crippen molar-refractivity contribution < 1.29 is 4.74 Å². The van der Waals surface area contributed by atoms with E-state index in [2.05, 4.69) is 15.0 Å². The minimum Gasteiger partial charge on any atom is -0.397 e. The summed E-state index contributed by atoms with van der Waals surface area (Å²) in [5.74, 6) is 0.785. The van der Waals surface area contributed by atoms with Crippen LogP contribution in [-0.4, -0.2) is 22.1 Å². The summed E-state index contributed by atoms with van der Waals surface area (Å²) in [6.45, 7) is 2.50. The summed E-state index contributed by atoms with van der Waals surface area (Å²) in [5, 5.41) is 0.970. The molecule has 1 aromatic carbocycles. The summed E-state index contributed by atoms with van der Waals surface area (Å²) in [4.78, 5) is 14.5. The van der Waals surface area contributed by atoms with Gasteiger partial charge in [-0.25, -0.2) is 9.97 Å². The number of fused-ring (bicyclic) bond motifs is 2. The number of methoxy groups -OCH3 is 1. The van der Waals surface area contributed by atoms with Crippen molar-refractivity contribution in [2.24, 2.45) is 0 Å². The Labute approximate surface area is 137 Å². The molecule has 0 atom stereocenters. The Morgan fingerprint density at radius 1 is 1.26 bits per heavy atom. The van der Waals surface area contributed by atoms with Gasteiger partial charge in [-0.1, -0.05) is 12.1 Å². The molecule has 0 aliphatic rings. The Morgan fingerprint density at radius 3 is 2.87 bits per heavy atom. The quantitative estimate of drug-likeness (QED) is 0.599. The van der Waals surface area contributed by atoms with Gasteiger partial charge in [0, 0.05) is 18.2 Å². The fraction of sp³-hybridized carbons (Fsp3) is 0.176. The number of aryl methyl sites for hydroxylation is 1. The minimum atomic E-state index is 0.514. The smallest absolute Gasteiger partial charge is 0.150 e. The van der Waals surface area contributed by atoms with Crippen LogP contribution in [-0.2, 0) is 11.3 Å². The number of nitrogens with two attached hydrogens (primary N) is 1. The molecule has 3 N–H and O–H groups in total. The van der Waals surface area contributed by atoms with Crippen LogP contribution in [0.2, 0.25) is 0 Å². The molecule has 0 aliphatic carbocycles. The lowest BCUT2D eigenvalue weighted by Gasteiger charge is -2.04. The Hall–Kier alpha value is -2.44. The van der Waals surface area contributed by atoms with Crippen molar-refractivity contribution in [2.45, 2.75) is 13.5 Å². The number of pyridine rings is 1. The van der Waals surface area contributed by atoms with Crippen molar-refractivity contribution in [3.8, 4) is 10.7 Å². The molecule has 3 aromatic heterocycles. The van der Waals surface area contributed by atoms with E-state index < -0.39 is 0 Å². The summed E-state index contributed by atoms with van der Waals surface area (Å²) >= 11 is 1.56. The molecule has 0 amide bonds. The lowest BCUT2D eigenvalue weighted by Crippen LogP contribution is -1.95. The van der Waals surface area contributed by atoms with Gasteiger partial charge in [0.2, 0.25) is 0 Å². The van der Waals surface area contributed by atoms with Gasteiger partial charge in [-0.15, -0.1) is 11.3 Å². The lowest BCUT2D eigenvalue weighted by atomic mass is 10.1. The van der Waals surface area contributed by atoms with E-state index in [4.69, 9.17) is 10.5 Å². The van der Waals surface area contributed by atoms with Crippen molar-refractivity contribution in [1.82, 2.24) is 15.0 Å². The molecule has 0 saturated heterocycles. The van der Waals surface area contributed by atoms with Crippen molar-refractivity contribution in [3.63, 3.8) is 0 Å². The van der Waals surface area contributed by atoms with Crippen LogP contribution in [0.15, 0.2) is 30.3 Å². The molecule has 0 fully saturated rings. The van der Waals surface area contributed by atoms with Gasteiger partial charge in [-0.05, 0) is 30.7 Å².